The first-order chi connectivity index (χ1) is 8.68. The van der Waals surface area contributed by atoms with E-state index in [2.05, 4.69) is 42.4 Å². The molecule has 2 rings (SSSR count). The lowest BCUT2D eigenvalue weighted by Crippen LogP contribution is -2.34. The van der Waals surface area contributed by atoms with Gasteiger partial charge in [0.25, 0.3) is 0 Å². The normalized spacial score (nSPS) is 20.3. The summed E-state index contributed by atoms with van der Waals surface area (Å²) in [6, 6.07) is 3.56. The maximum Gasteiger partial charge on any atom is 0.0331 e. The van der Waals surface area contributed by atoms with Gasteiger partial charge in [0.05, 0.1) is 0 Å². The fraction of sp³-hybridized carbons (Fsp3) is 0.733. The molecule has 1 aliphatic rings. The standard InChI is InChI=1S/C15H26N2S/c1-12(2)16-8-4-5-9-17-10-6-15-14(13(17)3)7-11-18-15/h7,11-13,16H,4-6,8-10H2,1-3H3. The van der Waals surface area contributed by atoms with Gasteiger partial charge in [-0.3, -0.25) is 4.90 Å². The molecule has 3 heteroatoms. The Morgan fingerprint density at radius 1 is 1.44 bits per heavy atom. The first-order valence-corrected chi connectivity index (χ1v) is 8.10. The second-order valence-corrected chi connectivity index (χ2v) is 6.58. The number of rotatable bonds is 6. The van der Waals surface area contributed by atoms with E-state index in [9.17, 15) is 0 Å². The Morgan fingerprint density at radius 2 is 2.28 bits per heavy atom. The molecular formula is C15H26N2S. The summed E-state index contributed by atoms with van der Waals surface area (Å²) in [6.45, 7) is 10.4. The van der Waals surface area contributed by atoms with Gasteiger partial charge >= 0.3 is 0 Å². The summed E-state index contributed by atoms with van der Waals surface area (Å²) in [4.78, 5) is 4.25. The first-order valence-electron chi connectivity index (χ1n) is 7.22. The van der Waals surface area contributed by atoms with Crippen molar-refractivity contribution in [2.24, 2.45) is 0 Å². The summed E-state index contributed by atoms with van der Waals surface area (Å²) in [5.41, 5.74) is 1.58. The van der Waals surface area contributed by atoms with E-state index in [1.54, 1.807) is 10.4 Å². The van der Waals surface area contributed by atoms with Crippen LogP contribution in [0.2, 0.25) is 0 Å². The van der Waals surface area contributed by atoms with Gasteiger partial charge in [-0.25, -0.2) is 0 Å². The van der Waals surface area contributed by atoms with Gasteiger partial charge < -0.3 is 5.32 Å². The van der Waals surface area contributed by atoms with Gasteiger partial charge in [-0.15, -0.1) is 11.3 Å². The fourth-order valence-electron chi connectivity index (χ4n) is 2.70. The monoisotopic (exact) mass is 266 g/mol. The Morgan fingerprint density at radius 3 is 3.06 bits per heavy atom. The zero-order valence-electron chi connectivity index (χ0n) is 11.9. The van der Waals surface area contributed by atoms with E-state index in [1.807, 2.05) is 11.3 Å². The molecule has 2 nitrogen and oxygen atoms in total. The molecule has 1 unspecified atom stereocenters. The highest BCUT2D eigenvalue weighted by Gasteiger charge is 2.23. The predicted octanol–water partition coefficient (Wildman–Crippen LogP) is 3.45. The van der Waals surface area contributed by atoms with E-state index in [0.717, 1.165) is 6.54 Å². The number of unbranched alkanes of at least 4 members (excludes halogenated alkanes) is 1. The summed E-state index contributed by atoms with van der Waals surface area (Å²) >= 11 is 1.93. The van der Waals surface area contributed by atoms with Crippen LogP contribution in [0.4, 0.5) is 0 Å². The van der Waals surface area contributed by atoms with Crippen molar-refractivity contribution < 1.29 is 0 Å². The van der Waals surface area contributed by atoms with Crippen molar-refractivity contribution in [3.05, 3.63) is 21.9 Å². The van der Waals surface area contributed by atoms with Crippen LogP contribution < -0.4 is 5.32 Å². The Balaban J connectivity index is 1.72. The fourth-order valence-corrected chi connectivity index (χ4v) is 3.66. The molecule has 0 radical (unpaired) electrons. The van der Waals surface area contributed by atoms with Crippen LogP contribution in [-0.4, -0.2) is 30.6 Å². The van der Waals surface area contributed by atoms with Crippen LogP contribution in [0.3, 0.4) is 0 Å². The Hall–Kier alpha value is -0.380. The Bertz CT molecular complexity index is 359. The lowest BCUT2D eigenvalue weighted by atomic mass is 10.0. The summed E-state index contributed by atoms with van der Waals surface area (Å²) in [7, 11) is 0. The van der Waals surface area contributed by atoms with Crippen LogP contribution in [0.15, 0.2) is 11.4 Å². The van der Waals surface area contributed by atoms with Crippen LogP contribution >= 0.6 is 11.3 Å². The van der Waals surface area contributed by atoms with E-state index in [1.165, 1.54) is 32.4 Å². The highest BCUT2D eigenvalue weighted by molar-refractivity contribution is 7.10. The molecule has 1 aliphatic heterocycles. The molecule has 18 heavy (non-hydrogen) atoms. The van der Waals surface area contributed by atoms with Gasteiger partial charge in [0.15, 0.2) is 0 Å². The van der Waals surface area contributed by atoms with Crippen LogP contribution in [0.1, 0.15) is 50.1 Å². The van der Waals surface area contributed by atoms with Crippen LogP contribution in [0, 0.1) is 0 Å². The average Bonchev–Trinajstić information content (AvgIpc) is 2.80. The van der Waals surface area contributed by atoms with E-state index >= 15 is 0 Å². The van der Waals surface area contributed by atoms with Crippen LogP contribution in [-0.2, 0) is 6.42 Å². The van der Waals surface area contributed by atoms with Crippen molar-refractivity contribution in [1.29, 1.82) is 0 Å². The molecule has 1 atom stereocenters. The van der Waals surface area contributed by atoms with Crippen molar-refractivity contribution in [1.82, 2.24) is 10.2 Å². The summed E-state index contributed by atoms with van der Waals surface area (Å²) < 4.78 is 0. The third kappa shape index (κ3) is 3.56. The number of thiophene rings is 1. The molecule has 1 aromatic heterocycles. The first kappa shape index (κ1) is 14.0. The topological polar surface area (TPSA) is 15.3 Å². The van der Waals surface area contributed by atoms with Gasteiger partial charge in [0, 0.05) is 23.5 Å². The molecule has 0 bridgehead atoms. The zero-order chi connectivity index (χ0) is 13.0. The maximum absolute atomic E-state index is 3.49. The predicted molar refractivity (Wildman–Crippen MR) is 80.4 cm³/mol. The van der Waals surface area contributed by atoms with Gasteiger partial charge in [0.1, 0.15) is 0 Å². The quantitative estimate of drug-likeness (QED) is 0.793. The SMILES string of the molecule is CC(C)NCCCCN1CCc2sccc2C1C. The molecule has 2 heterocycles. The second-order valence-electron chi connectivity index (χ2n) is 5.58. The lowest BCUT2D eigenvalue weighted by molar-refractivity contribution is 0.196. The van der Waals surface area contributed by atoms with Crippen molar-refractivity contribution in [3.8, 4) is 0 Å². The number of hydrogen-bond donors (Lipinski definition) is 1. The Kier molecular flexibility index (Phi) is 5.22. The van der Waals surface area contributed by atoms with E-state index < -0.39 is 0 Å². The van der Waals surface area contributed by atoms with Crippen molar-refractivity contribution in [3.63, 3.8) is 0 Å². The van der Waals surface area contributed by atoms with Gasteiger partial charge in [-0.05, 0) is 56.3 Å². The number of nitrogens with one attached hydrogen (secondary N) is 1. The molecule has 0 aliphatic carbocycles. The van der Waals surface area contributed by atoms with E-state index in [4.69, 9.17) is 0 Å². The number of fused-ring (bicyclic) bond motifs is 1. The molecule has 0 spiro atoms. The summed E-state index contributed by atoms with van der Waals surface area (Å²) in [6.07, 6.45) is 3.85. The molecular weight excluding hydrogens is 240 g/mol. The molecule has 0 saturated carbocycles. The summed E-state index contributed by atoms with van der Waals surface area (Å²) in [5, 5.41) is 5.74. The Labute approximate surface area is 115 Å². The number of hydrogen-bond acceptors (Lipinski definition) is 3. The molecule has 0 saturated heterocycles. The molecule has 1 aromatic rings. The largest absolute Gasteiger partial charge is 0.315 e. The number of nitrogens with zero attached hydrogens (tertiary/aromatic N) is 1. The molecule has 1 N–H and O–H groups in total. The van der Waals surface area contributed by atoms with Crippen LogP contribution in [0.5, 0.6) is 0 Å². The van der Waals surface area contributed by atoms with Crippen molar-refractivity contribution in [2.45, 2.75) is 52.1 Å². The lowest BCUT2D eigenvalue weighted by Gasteiger charge is -2.33. The minimum atomic E-state index is 0.618. The minimum absolute atomic E-state index is 0.618. The van der Waals surface area contributed by atoms with E-state index in [-0.39, 0.29) is 0 Å². The third-order valence-corrected chi connectivity index (χ3v) is 4.82. The smallest absolute Gasteiger partial charge is 0.0331 e. The molecule has 102 valence electrons. The van der Waals surface area contributed by atoms with Crippen LogP contribution in [0.25, 0.3) is 0 Å². The third-order valence-electron chi connectivity index (χ3n) is 3.83. The highest BCUT2D eigenvalue weighted by Crippen LogP contribution is 2.32. The van der Waals surface area contributed by atoms with Gasteiger partial charge in [0.2, 0.25) is 0 Å². The average molecular weight is 266 g/mol. The van der Waals surface area contributed by atoms with Gasteiger partial charge in [-0.2, -0.15) is 0 Å². The van der Waals surface area contributed by atoms with E-state index in [0.29, 0.717) is 12.1 Å². The van der Waals surface area contributed by atoms with Crippen molar-refractivity contribution in [2.75, 3.05) is 19.6 Å². The van der Waals surface area contributed by atoms with Crippen molar-refractivity contribution >= 4 is 11.3 Å². The molecule has 0 fully saturated rings. The maximum atomic E-state index is 3.49. The zero-order valence-corrected chi connectivity index (χ0v) is 12.7. The van der Waals surface area contributed by atoms with Gasteiger partial charge in [-0.1, -0.05) is 13.8 Å². The highest BCUT2D eigenvalue weighted by atomic mass is 32.1. The molecule has 0 amide bonds. The summed E-state index contributed by atoms with van der Waals surface area (Å²) in [5.74, 6) is 0. The molecule has 0 aromatic carbocycles. The second kappa shape index (κ2) is 6.69. The minimum Gasteiger partial charge on any atom is -0.315 e.